The van der Waals surface area contributed by atoms with Crippen molar-refractivity contribution in [1.29, 1.82) is 0 Å². The third-order valence-corrected chi connectivity index (χ3v) is 4.29. The van der Waals surface area contributed by atoms with Gasteiger partial charge < -0.3 is 9.84 Å². The van der Waals surface area contributed by atoms with Crippen LogP contribution in [0.2, 0.25) is 0 Å². The smallest absolute Gasteiger partial charge is 0.127 e. The number of rotatable bonds is 2. The highest BCUT2D eigenvalue weighted by Crippen LogP contribution is 2.41. The van der Waals surface area contributed by atoms with Gasteiger partial charge in [-0.25, -0.2) is 0 Å². The Morgan fingerprint density at radius 1 is 1.20 bits per heavy atom. The van der Waals surface area contributed by atoms with E-state index >= 15 is 0 Å². The highest BCUT2D eigenvalue weighted by atomic mass is 79.9. The van der Waals surface area contributed by atoms with Crippen LogP contribution in [0.15, 0.2) is 46.9 Å². The Labute approximate surface area is 127 Å². The summed E-state index contributed by atoms with van der Waals surface area (Å²) in [6.07, 6.45) is 1.07. The molecule has 1 aliphatic rings. The third-order valence-electron chi connectivity index (χ3n) is 3.80. The quantitative estimate of drug-likeness (QED) is 0.872. The predicted octanol–water partition coefficient (Wildman–Crippen LogP) is 4.57. The van der Waals surface area contributed by atoms with Crippen molar-refractivity contribution in [1.82, 2.24) is 0 Å². The molecule has 0 saturated heterocycles. The lowest BCUT2D eigenvalue weighted by molar-refractivity contribution is 0.0657. The molecule has 2 atom stereocenters. The Kier molecular flexibility index (Phi) is 3.81. The molecule has 20 heavy (non-hydrogen) atoms. The van der Waals surface area contributed by atoms with Crippen LogP contribution in [0, 0.1) is 0 Å². The number of benzene rings is 2. The van der Waals surface area contributed by atoms with E-state index in [0.717, 1.165) is 27.8 Å². The summed E-state index contributed by atoms with van der Waals surface area (Å²) in [6, 6.07) is 14.2. The SMILES string of the molecule is CCc1ccc(C2CC(O)c3cc(Br)ccc3O2)cc1. The molecule has 0 fully saturated rings. The van der Waals surface area contributed by atoms with Gasteiger partial charge >= 0.3 is 0 Å². The molecule has 0 spiro atoms. The first kappa shape index (κ1) is 13.7. The third kappa shape index (κ3) is 2.60. The fourth-order valence-corrected chi connectivity index (χ4v) is 2.97. The van der Waals surface area contributed by atoms with E-state index in [1.54, 1.807) is 0 Å². The van der Waals surface area contributed by atoms with E-state index in [9.17, 15) is 5.11 Å². The largest absolute Gasteiger partial charge is 0.485 e. The van der Waals surface area contributed by atoms with E-state index in [4.69, 9.17) is 4.74 Å². The predicted molar refractivity (Wildman–Crippen MR) is 82.9 cm³/mol. The van der Waals surface area contributed by atoms with Gasteiger partial charge in [0.05, 0.1) is 6.10 Å². The molecule has 2 nitrogen and oxygen atoms in total. The van der Waals surface area contributed by atoms with Gasteiger partial charge in [-0.2, -0.15) is 0 Å². The lowest BCUT2D eigenvalue weighted by Gasteiger charge is -2.30. The minimum Gasteiger partial charge on any atom is -0.485 e. The molecule has 3 heteroatoms. The van der Waals surface area contributed by atoms with Crippen LogP contribution in [0.5, 0.6) is 5.75 Å². The second-order valence-corrected chi connectivity index (χ2v) is 6.05. The molecule has 1 aliphatic heterocycles. The number of hydrogen-bond acceptors (Lipinski definition) is 2. The Bertz CT molecular complexity index is 607. The highest BCUT2D eigenvalue weighted by Gasteiger charge is 2.28. The van der Waals surface area contributed by atoms with E-state index in [0.29, 0.717) is 6.42 Å². The fourth-order valence-electron chi connectivity index (χ4n) is 2.59. The second kappa shape index (κ2) is 5.58. The maximum atomic E-state index is 10.3. The zero-order valence-corrected chi connectivity index (χ0v) is 12.9. The van der Waals surface area contributed by atoms with Crippen LogP contribution < -0.4 is 4.74 Å². The monoisotopic (exact) mass is 332 g/mol. The lowest BCUT2D eigenvalue weighted by Crippen LogP contribution is -2.19. The Morgan fingerprint density at radius 2 is 1.95 bits per heavy atom. The van der Waals surface area contributed by atoms with Crippen molar-refractivity contribution in [3.8, 4) is 5.75 Å². The number of aryl methyl sites for hydroxylation is 1. The zero-order chi connectivity index (χ0) is 14.1. The van der Waals surface area contributed by atoms with E-state index < -0.39 is 6.10 Å². The van der Waals surface area contributed by atoms with Crippen LogP contribution in [-0.4, -0.2) is 5.11 Å². The highest BCUT2D eigenvalue weighted by molar-refractivity contribution is 9.10. The molecule has 2 aromatic carbocycles. The summed E-state index contributed by atoms with van der Waals surface area (Å²) < 4.78 is 7.00. The molecule has 0 bridgehead atoms. The first-order valence-corrected chi connectivity index (χ1v) is 7.69. The summed E-state index contributed by atoms with van der Waals surface area (Å²) in [6.45, 7) is 2.14. The fraction of sp³-hybridized carbons (Fsp3) is 0.294. The Morgan fingerprint density at radius 3 is 2.65 bits per heavy atom. The van der Waals surface area contributed by atoms with Gasteiger partial charge in [0.15, 0.2) is 0 Å². The average Bonchev–Trinajstić information content (AvgIpc) is 2.48. The first-order chi connectivity index (χ1) is 9.67. The first-order valence-electron chi connectivity index (χ1n) is 6.90. The van der Waals surface area contributed by atoms with Crippen molar-refractivity contribution < 1.29 is 9.84 Å². The van der Waals surface area contributed by atoms with Crippen molar-refractivity contribution in [2.75, 3.05) is 0 Å². The molecule has 0 aliphatic carbocycles. The molecule has 0 saturated carbocycles. The Balaban J connectivity index is 1.88. The average molecular weight is 333 g/mol. The summed E-state index contributed by atoms with van der Waals surface area (Å²) >= 11 is 3.43. The van der Waals surface area contributed by atoms with Crippen LogP contribution in [-0.2, 0) is 6.42 Å². The van der Waals surface area contributed by atoms with E-state index in [1.165, 1.54) is 5.56 Å². The van der Waals surface area contributed by atoms with E-state index in [-0.39, 0.29) is 6.10 Å². The molecule has 1 heterocycles. The van der Waals surface area contributed by atoms with Gasteiger partial charge in [-0.1, -0.05) is 47.1 Å². The van der Waals surface area contributed by atoms with Gasteiger partial charge in [0.25, 0.3) is 0 Å². The van der Waals surface area contributed by atoms with Gasteiger partial charge in [0, 0.05) is 16.5 Å². The normalized spacial score (nSPS) is 21.1. The molecule has 0 aromatic heterocycles. The molecule has 1 N–H and O–H groups in total. The molecule has 104 valence electrons. The molecule has 3 rings (SSSR count). The molecule has 2 unspecified atom stereocenters. The van der Waals surface area contributed by atoms with Crippen LogP contribution in [0.25, 0.3) is 0 Å². The molecular weight excluding hydrogens is 316 g/mol. The maximum absolute atomic E-state index is 10.3. The summed E-state index contributed by atoms with van der Waals surface area (Å²) in [7, 11) is 0. The van der Waals surface area contributed by atoms with Crippen molar-refractivity contribution in [2.45, 2.75) is 32.0 Å². The summed E-state index contributed by atoms with van der Waals surface area (Å²) in [5.41, 5.74) is 3.30. The lowest BCUT2D eigenvalue weighted by atomic mass is 9.94. The van der Waals surface area contributed by atoms with Gasteiger partial charge in [-0.05, 0) is 35.7 Å². The topological polar surface area (TPSA) is 29.5 Å². The standard InChI is InChI=1S/C17H17BrO2/c1-2-11-3-5-12(6-4-11)17-10-15(19)14-9-13(18)7-8-16(14)20-17/h3-9,15,17,19H,2,10H2,1H3. The number of aliphatic hydroxyl groups is 1. The van der Waals surface area contributed by atoms with Gasteiger partial charge in [0.1, 0.15) is 11.9 Å². The number of aliphatic hydroxyl groups excluding tert-OH is 1. The molecule has 2 aromatic rings. The minimum absolute atomic E-state index is 0.0791. The van der Waals surface area contributed by atoms with Gasteiger partial charge in [-0.3, -0.25) is 0 Å². The number of halogens is 1. The van der Waals surface area contributed by atoms with E-state index in [1.807, 2.05) is 18.2 Å². The maximum Gasteiger partial charge on any atom is 0.127 e. The van der Waals surface area contributed by atoms with Gasteiger partial charge in [0.2, 0.25) is 0 Å². The van der Waals surface area contributed by atoms with Gasteiger partial charge in [-0.15, -0.1) is 0 Å². The number of fused-ring (bicyclic) bond motifs is 1. The zero-order valence-electron chi connectivity index (χ0n) is 11.3. The van der Waals surface area contributed by atoms with Crippen molar-refractivity contribution in [3.05, 3.63) is 63.6 Å². The molecule has 0 radical (unpaired) electrons. The molecular formula is C17H17BrO2. The molecule has 0 amide bonds. The minimum atomic E-state index is -0.480. The van der Waals surface area contributed by atoms with Crippen LogP contribution in [0.4, 0.5) is 0 Å². The summed E-state index contributed by atoms with van der Waals surface area (Å²) in [5.74, 6) is 0.775. The van der Waals surface area contributed by atoms with E-state index in [2.05, 4.69) is 47.1 Å². The summed E-state index contributed by atoms with van der Waals surface area (Å²) in [4.78, 5) is 0. The summed E-state index contributed by atoms with van der Waals surface area (Å²) in [5, 5.41) is 10.3. The number of hydrogen-bond donors (Lipinski definition) is 1. The second-order valence-electron chi connectivity index (χ2n) is 5.14. The Hall–Kier alpha value is -1.32. The van der Waals surface area contributed by atoms with Crippen molar-refractivity contribution in [3.63, 3.8) is 0 Å². The number of ether oxygens (including phenoxy) is 1. The van der Waals surface area contributed by atoms with Crippen molar-refractivity contribution in [2.24, 2.45) is 0 Å². The van der Waals surface area contributed by atoms with Crippen LogP contribution in [0.1, 0.15) is 42.2 Å². The van der Waals surface area contributed by atoms with Crippen LogP contribution >= 0.6 is 15.9 Å². The van der Waals surface area contributed by atoms with Crippen LogP contribution in [0.3, 0.4) is 0 Å². The van der Waals surface area contributed by atoms with Crippen molar-refractivity contribution >= 4 is 15.9 Å².